The summed E-state index contributed by atoms with van der Waals surface area (Å²) in [6, 6.07) is 3.96. The normalized spacial score (nSPS) is 10.6. The lowest BCUT2D eigenvalue weighted by Crippen LogP contribution is -2.35. The van der Waals surface area contributed by atoms with Crippen molar-refractivity contribution in [3.05, 3.63) is 23.8 Å². The van der Waals surface area contributed by atoms with Crippen molar-refractivity contribution >= 4 is 17.6 Å². The van der Waals surface area contributed by atoms with E-state index >= 15 is 0 Å². The van der Waals surface area contributed by atoms with E-state index in [4.69, 9.17) is 0 Å². The van der Waals surface area contributed by atoms with Crippen molar-refractivity contribution in [2.24, 2.45) is 0 Å². The number of carbonyl (C=O) groups excluding carboxylic acids is 2. The van der Waals surface area contributed by atoms with E-state index in [1.165, 1.54) is 12.1 Å². The number of rotatable bonds is 7. The molecule has 0 unspecified atom stereocenters. The van der Waals surface area contributed by atoms with Crippen LogP contribution in [0.2, 0.25) is 0 Å². The number of halogens is 2. The van der Waals surface area contributed by atoms with Gasteiger partial charge < -0.3 is 20.7 Å². The zero-order valence-electron chi connectivity index (χ0n) is 13.3. The van der Waals surface area contributed by atoms with Crippen LogP contribution in [0, 0.1) is 6.92 Å². The molecular weight excluding hydrogens is 308 g/mol. The quantitative estimate of drug-likeness (QED) is 0.719. The molecule has 0 aliphatic carbocycles. The largest absolute Gasteiger partial charge is 0.434 e. The molecule has 1 aromatic carbocycles. The maximum atomic E-state index is 12.3. The summed E-state index contributed by atoms with van der Waals surface area (Å²) < 4.78 is 28.9. The van der Waals surface area contributed by atoms with Crippen LogP contribution in [0.15, 0.2) is 18.2 Å². The van der Waals surface area contributed by atoms with E-state index in [1.807, 2.05) is 13.8 Å². The minimum absolute atomic E-state index is 0.00545. The highest BCUT2D eigenvalue weighted by Gasteiger charge is 2.12. The van der Waals surface area contributed by atoms with Gasteiger partial charge in [0.05, 0.1) is 0 Å². The number of hydrogen-bond donors (Lipinski definition) is 3. The van der Waals surface area contributed by atoms with Gasteiger partial charge in [0, 0.05) is 30.3 Å². The van der Waals surface area contributed by atoms with Crippen LogP contribution in [0.3, 0.4) is 0 Å². The van der Waals surface area contributed by atoms with Crippen LogP contribution < -0.4 is 20.7 Å². The molecule has 0 aliphatic heterocycles. The minimum atomic E-state index is -2.93. The number of alkyl halides is 2. The van der Waals surface area contributed by atoms with Gasteiger partial charge in [-0.15, -0.1) is 0 Å². The zero-order valence-corrected chi connectivity index (χ0v) is 13.3. The Morgan fingerprint density at radius 1 is 1.26 bits per heavy atom. The van der Waals surface area contributed by atoms with Crippen LogP contribution in [0.25, 0.3) is 0 Å². The van der Waals surface area contributed by atoms with Crippen molar-refractivity contribution in [1.82, 2.24) is 10.6 Å². The standard InChI is InChI=1S/C15H21F2N3O3/c1-9(2)19-13(21)7-8-18-15(22)20-11-5-4-6-12(10(11)3)23-14(16)17/h4-6,9,14H,7-8H2,1-3H3,(H,19,21)(H2,18,20,22). The van der Waals surface area contributed by atoms with Crippen LogP contribution in [-0.2, 0) is 4.79 Å². The Kier molecular flexibility index (Phi) is 7.24. The van der Waals surface area contributed by atoms with Gasteiger partial charge in [0.1, 0.15) is 5.75 Å². The fourth-order valence-corrected chi connectivity index (χ4v) is 1.82. The lowest BCUT2D eigenvalue weighted by Gasteiger charge is -2.13. The zero-order chi connectivity index (χ0) is 17.4. The Morgan fingerprint density at radius 2 is 1.96 bits per heavy atom. The SMILES string of the molecule is Cc1c(NC(=O)NCCC(=O)NC(C)C)cccc1OC(F)F. The topological polar surface area (TPSA) is 79.5 Å². The summed E-state index contributed by atoms with van der Waals surface area (Å²) in [6.07, 6.45) is 0.152. The van der Waals surface area contributed by atoms with Crippen molar-refractivity contribution in [2.45, 2.75) is 39.8 Å². The second kappa shape index (κ2) is 8.92. The first-order valence-corrected chi connectivity index (χ1v) is 7.18. The van der Waals surface area contributed by atoms with Crippen molar-refractivity contribution < 1.29 is 23.1 Å². The molecule has 128 valence electrons. The average molecular weight is 329 g/mol. The maximum absolute atomic E-state index is 12.3. The van der Waals surface area contributed by atoms with Gasteiger partial charge in [0.2, 0.25) is 5.91 Å². The predicted octanol–water partition coefficient (Wildman–Crippen LogP) is 2.63. The van der Waals surface area contributed by atoms with E-state index in [-0.39, 0.29) is 30.7 Å². The smallest absolute Gasteiger partial charge is 0.387 e. The molecule has 0 heterocycles. The number of nitrogens with one attached hydrogen (secondary N) is 3. The van der Waals surface area contributed by atoms with Crippen molar-refractivity contribution in [3.8, 4) is 5.75 Å². The van der Waals surface area contributed by atoms with Crippen molar-refractivity contribution in [1.29, 1.82) is 0 Å². The van der Waals surface area contributed by atoms with Gasteiger partial charge in [-0.2, -0.15) is 8.78 Å². The molecule has 0 aliphatic rings. The van der Waals surface area contributed by atoms with E-state index < -0.39 is 12.6 Å². The number of carbonyl (C=O) groups is 2. The summed E-state index contributed by atoms with van der Waals surface area (Å²) in [5.41, 5.74) is 0.743. The minimum Gasteiger partial charge on any atom is -0.434 e. The third kappa shape index (κ3) is 6.94. The molecule has 0 atom stereocenters. The van der Waals surface area contributed by atoms with E-state index in [0.29, 0.717) is 11.3 Å². The van der Waals surface area contributed by atoms with E-state index in [1.54, 1.807) is 13.0 Å². The Bertz CT molecular complexity index is 551. The maximum Gasteiger partial charge on any atom is 0.387 e. The van der Waals surface area contributed by atoms with E-state index in [9.17, 15) is 18.4 Å². The fourth-order valence-electron chi connectivity index (χ4n) is 1.82. The lowest BCUT2D eigenvalue weighted by molar-refractivity contribution is -0.121. The fraction of sp³-hybridized carbons (Fsp3) is 0.467. The number of urea groups is 1. The van der Waals surface area contributed by atoms with Crippen LogP contribution in [-0.4, -0.2) is 31.1 Å². The molecule has 0 saturated carbocycles. The Morgan fingerprint density at radius 3 is 2.57 bits per heavy atom. The first-order valence-electron chi connectivity index (χ1n) is 7.18. The number of hydrogen-bond acceptors (Lipinski definition) is 3. The molecule has 0 spiro atoms. The molecule has 0 aromatic heterocycles. The Labute approximate surface area is 133 Å². The lowest BCUT2D eigenvalue weighted by atomic mass is 10.2. The van der Waals surface area contributed by atoms with Gasteiger partial charge in [0.15, 0.2) is 0 Å². The molecule has 6 nitrogen and oxygen atoms in total. The highest BCUT2D eigenvalue weighted by atomic mass is 19.3. The van der Waals surface area contributed by atoms with Gasteiger partial charge in [0.25, 0.3) is 0 Å². The predicted molar refractivity (Wildman–Crippen MR) is 82.7 cm³/mol. The van der Waals surface area contributed by atoms with Gasteiger partial charge in [-0.05, 0) is 32.9 Å². The van der Waals surface area contributed by atoms with Crippen LogP contribution in [0.5, 0.6) is 5.75 Å². The molecule has 0 fully saturated rings. The van der Waals surface area contributed by atoms with Gasteiger partial charge in [-0.25, -0.2) is 4.79 Å². The van der Waals surface area contributed by atoms with Crippen LogP contribution in [0.4, 0.5) is 19.3 Å². The molecule has 8 heteroatoms. The summed E-state index contributed by atoms with van der Waals surface area (Å²) in [5, 5.41) is 7.76. The third-order valence-corrected chi connectivity index (χ3v) is 2.84. The van der Waals surface area contributed by atoms with Gasteiger partial charge in [-0.1, -0.05) is 6.07 Å². The van der Waals surface area contributed by atoms with Crippen LogP contribution >= 0.6 is 0 Å². The van der Waals surface area contributed by atoms with Gasteiger partial charge in [-0.3, -0.25) is 4.79 Å². The first-order chi connectivity index (χ1) is 10.8. The molecule has 1 rings (SSSR count). The number of amides is 3. The third-order valence-electron chi connectivity index (χ3n) is 2.84. The number of benzene rings is 1. The van der Waals surface area contributed by atoms with Crippen LogP contribution in [0.1, 0.15) is 25.8 Å². The highest BCUT2D eigenvalue weighted by Crippen LogP contribution is 2.26. The summed E-state index contributed by atoms with van der Waals surface area (Å²) in [4.78, 5) is 23.2. The summed E-state index contributed by atoms with van der Waals surface area (Å²) in [5.74, 6) is -0.169. The van der Waals surface area contributed by atoms with E-state index in [0.717, 1.165) is 0 Å². The molecule has 0 bridgehead atoms. The second-order valence-electron chi connectivity index (χ2n) is 5.16. The molecule has 3 N–H and O–H groups in total. The molecular formula is C15H21F2N3O3. The molecule has 3 amide bonds. The Hall–Kier alpha value is -2.38. The summed E-state index contributed by atoms with van der Waals surface area (Å²) in [6.45, 7) is 2.47. The molecule has 0 radical (unpaired) electrons. The molecule has 0 saturated heterocycles. The first kappa shape index (κ1) is 18.7. The van der Waals surface area contributed by atoms with Crippen molar-refractivity contribution in [2.75, 3.05) is 11.9 Å². The Balaban J connectivity index is 2.50. The monoisotopic (exact) mass is 329 g/mol. The number of ether oxygens (including phenoxy) is 1. The molecule has 1 aromatic rings. The summed E-state index contributed by atoms with van der Waals surface area (Å²) >= 11 is 0. The van der Waals surface area contributed by atoms with E-state index in [2.05, 4.69) is 20.7 Å². The summed E-state index contributed by atoms with van der Waals surface area (Å²) in [7, 11) is 0. The van der Waals surface area contributed by atoms with Gasteiger partial charge >= 0.3 is 12.6 Å². The molecule has 23 heavy (non-hydrogen) atoms. The average Bonchev–Trinajstić information content (AvgIpc) is 2.42. The number of anilines is 1. The highest BCUT2D eigenvalue weighted by molar-refractivity contribution is 5.90. The second-order valence-corrected chi connectivity index (χ2v) is 5.16. The van der Waals surface area contributed by atoms with Crippen molar-refractivity contribution in [3.63, 3.8) is 0 Å².